The minimum Gasteiger partial charge on any atom is -0.309 e. The van der Waals surface area contributed by atoms with Gasteiger partial charge in [-0.2, -0.15) is 5.10 Å². The first-order valence-corrected chi connectivity index (χ1v) is 5.92. The maximum Gasteiger partial charge on any atom is 0.0709 e. The second-order valence-electron chi connectivity index (χ2n) is 3.87. The Balaban J connectivity index is 2.36. The molecule has 2 rings (SSSR count). The molecule has 3 nitrogen and oxygen atoms in total. The molecule has 0 saturated heterocycles. The van der Waals surface area contributed by atoms with Crippen molar-refractivity contribution in [2.75, 3.05) is 6.54 Å². The molecule has 0 radical (unpaired) electrons. The topological polar surface area (TPSA) is 29.3 Å². The van der Waals surface area contributed by atoms with Crippen LogP contribution in [0.15, 0.2) is 30.6 Å². The Morgan fingerprint density at radius 2 is 2.35 bits per heavy atom. The normalized spacial score (nSPS) is 12.1. The van der Waals surface area contributed by atoms with E-state index < -0.39 is 0 Å². The second kappa shape index (κ2) is 5.51. The van der Waals surface area contributed by atoms with Gasteiger partial charge in [0.25, 0.3) is 0 Å². The first kappa shape index (κ1) is 11.7. The molecule has 2 aromatic heterocycles. The summed E-state index contributed by atoms with van der Waals surface area (Å²) >= 11 is 0. The smallest absolute Gasteiger partial charge is 0.0709 e. The van der Waals surface area contributed by atoms with Crippen LogP contribution in [-0.4, -0.2) is 16.2 Å². The van der Waals surface area contributed by atoms with E-state index in [1.54, 1.807) is 0 Å². The quantitative estimate of drug-likeness (QED) is 0.813. The zero-order valence-electron chi connectivity index (χ0n) is 10.3. The molecule has 0 amide bonds. The SMILES string of the molecule is CC#CCC(NCC)c1cnn2ccccc12. The first-order chi connectivity index (χ1) is 8.36. The van der Waals surface area contributed by atoms with Crippen molar-refractivity contribution in [3.05, 3.63) is 36.2 Å². The van der Waals surface area contributed by atoms with Crippen molar-refractivity contribution in [3.63, 3.8) is 0 Å². The van der Waals surface area contributed by atoms with E-state index in [1.165, 1.54) is 5.56 Å². The van der Waals surface area contributed by atoms with Gasteiger partial charge in [-0.15, -0.1) is 11.8 Å². The number of hydrogen-bond acceptors (Lipinski definition) is 2. The Morgan fingerprint density at radius 1 is 1.47 bits per heavy atom. The number of nitrogens with zero attached hydrogens (tertiary/aromatic N) is 2. The van der Waals surface area contributed by atoms with Crippen molar-refractivity contribution in [1.82, 2.24) is 14.9 Å². The molecule has 1 atom stereocenters. The monoisotopic (exact) mass is 227 g/mol. The van der Waals surface area contributed by atoms with E-state index in [4.69, 9.17) is 0 Å². The van der Waals surface area contributed by atoms with Crippen molar-refractivity contribution in [2.45, 2.75) is 26.3 Å². The third-order valence-corrected chi connectivity index (χ3v) is 2.77. The van der Waals surface area contributed by atoms with E-state index in [0.29, 0.717) is 0 Å². The van der Waals surface area contributed by atoms with Gasteiger partial charge in [0.2, 0.25) is 0 Å². The summed E-state index contributed by atoms with van der Waals surface area (Å²) in [5.74, 6) is 6.09. The van der Waals surface area contributed by atoms with Gasteiger partial charge in [-0.25, -0.2) is 4.52 Å². The fourth-order valence-electron chi connectivity index (χ4n) is 1.97. The molecular formula is C14H17N3. The van der Waals surface area contributed by atoms with E-state index in [2.05, 4.69) is 35.2 Å². The highest BCUT2D eigenvalue weighted by atomic mass is 15.2. The van der Waals surface area contributed by atoms with E-state index >= 15 is 0 Å². The Morgan fingerprint density at radius 3 is 3.12 bits per heavy atom. The molecule has 0 aromatic carbocycles. The van der Waals surface area contributed by atoms with Crippen molar-refractivity contribution < 1.29 is 0 Å². The molecule has 17 heavy (non-hydrogen) atoms. The lowest BCUT2D eigenvalue weighted by Gasteiger charge is -2.13. The molecule has 1 N–H and O–H groups in total. The van der Waals surface area contributed by atoms with Gasteiger partial charge in [0.15, 0.2) is 0 Å². The predicted molar refractivity (Wildman–Crippen MR) is 69.7 cm³/mol. The minimum absolute atomic E-state index is 0.257. The Hall–Kier alpha value is -1.79. The standard InChI is InChI=1S/C14H17N3/c1-3-5-8-13(15-4-2)12-11-16-17-10-7-6-9-14(12)17/h6-7,9-11,13,15H,4,8H2,1-2H3. The molecule has 1 unspecified atom stereocenters. The summed E-state index contributed by atoms with van der Waals surface area (Å²) in [5.41, 5.74) is 2.37. The van der Waals surface area contributed by atoms with Crippen LogP contribution in [-0.2, 0) is 0 Å². The lowest BCUT2D eigenvalue weighted by atomic mass is 10.1. The number of pyridine rings is 1. The highest BCUT2D eigenvalue weighted by Gasteiger charge is 2.13. The number of nitrogens with one attached hydrogen (secondary N) is 1. The average molecular weight is 227 g/mol. The second-order valence-corrected chi connectivity index (χ2v) is 3.87. The average Bonchev–Trinajstić information content (AvgIpc) is 2.78. The van der Waals surface area contributed by atoms with Crippen LogP contribution in [0.1, 0.15) is 31.9 Å². The van der Waals surface area contributed by atoms with Gasteiger partial charge in [-0.3, -0.25) is 0 Å². The largest absolute Gasteiger partial charge is 0.309 e. The minimum atomic E-state index is 0.257. The van der Waals surface area contributed by atoms with Crippen LogP contribution in [0.2, 0.25) is 0 Å². The maximum atomic E-state index is 4.36. The number of fused-ring (bicyclic) bond motifs is 1. The molecule has 2 aromatic rings. The van der Waals surface area contributed by atoms with Crippen LogP contribution in [0, 0.1) is 11.8 Å². The van der Waals surface area contributed by atoms with Crippen molar-refractivity contribution in [2.24, 2.45) is 0 Å². The predicted octanol–water partition coefficient (Wildman–Crippen LogP) is 2.40. The van der Waals surface area contributed by atoms with Crippen molar-refractivity contribution in [3.8, 4) is 11.8 Å². The number of rotatable bonds is 4. The highest BCUT2D eigenvalue weighted by Crippen LogP contribution is 2.21. The van der Waals surface area contributed by atoms with E-state index in [1.807, 2.05) is 36.0 Å². The first-order valence-electron chi connectivity index (χ1n) is 5.92. The molecule has 0 fully saturated rings. The van der Waals surface area contributed by atoms with Crippen LogP contribution in [0.5, 0.6) is 0 Å². The summed E-state index contributed by atoms with van der Waals surface area (Å²) in [5, 5.41) is 7.81. The van der Waals surface area contributed by atoms with E-state index in [0.717, 1.165) is 18.5 Å². The van der Waals surface area contributed by atoms with Crippen LogP contribution in [0.25, 0.3) is 5.52 Å². The molecule has 0 aliphatic carbocycles. The molecule has 88 valence electrons. The van der Waals surface area contributed by atoms with Crippen LogP contribution >= 0.6 is 0 Å². The zero-order valence-corrected chi connectivity index (χ0v) is 10.3. The molecule has 0 aliphatic rings. The summed E-state index contributed by atoms with van der Waals surface area (Å²) in [6, 6.07) is 6.37. The summed E-state index contributed by atoms with van der Waals surface area (Å²) in [6.45, 7) is 4.91. The summed E-state index contributed by atoms with van der Waals surface area (Å²) in [7, 11) is 0. The summed E-state index contributed by atoms with van der Waals surface area (Å²) < 4.78 is 1.90. The summed E-state index contributed by atoms with van der Waals surface area (Å²) in [4.78, 5) is 0. The third kappa shape index (κ3) is 2.48. The molecule has 3 heteroatoms. The van der Waals surface area contributed by atoms with Gasteiger partial charge >= 0.3 is 0 Å². The van der Waals surface area contributed by atoms with Gasteiger partial charge in [0.1, 0.15) is 0 Å². The lowest BCUT2D eigenvalue weighted by Crippen LogP contribution is -2.20. The molecule has 0 spiro atoms. The lowest BCUT2D eigenvalue weighted by molar-refractivity contribution is 0.568. The number of hydrogen-bond donors (Lipinski definition) is 1. The maximum absolute atomic E-state index is 4.36. The Bertz CT molecular complexity index is 545. The van der Waals surface area contributed by atoms with Crippen molar-refractivity contribution >= 4 is 5.52 Å². The molecule has 2 heterocycles. The van der Waals surface area contributed by atoms with Crippen molar-refractivity contribution in [1.29, 1.82) is 0 Å². The van der Waals surface area contributed by atoms with Gasteiger partial charge in [-0.05, 0) is 25.6 Å². The number of aromatic nitrogens is 2. The van der Waals surface area contributed by atoms with Gasteiger partial charge < -0.3 is 5.32 Å². The van der Waals surface area contributed by atoms with Gasteiger partial charge in [0.05, 0.1) is 11.7 Å². The van der Waals surface area contributed by atoms with E-state index in [-0.39, 0.29) is 6.04 Å². The molecule has 0 aliphatic heterocycles. The molecule has 0 saturated carbocycles. The Labute approximate surface area is 102 Å². The van der Waals surface area contributed by atoms with Crippen LogP contribution < -0.4 is 5.32 Å². The zero-order chi connectivity index (χ0) is 12.1. The van der Waals surface area contributed by atoms with Gasteiger partial charge in [0, 0.05) is 24.2 Å². The fraction of sp³-hybridized carbons (Fsp3) is 0.357. The van der Waals surface area contributed by atoms with Crippen LogP contribution in [0.3, 0.4) is 0 Å². The highest BCUT2D eigenvalue weighted by molar-refractivity contribution is 5.55. The molecular weight excluding hydrogens is 210 g/mol. The molecule has 0 bridgehead atoms. The fourth-order valence-corrected chi connectivity index (χ4v) is 1.97. The third-order valence-electron chi connectivity index (χ3n) is 2.77. The van der Waals surface area contributed by atoms with Crippen LogP contribution in [0.4, 0.5) is 0 Å². The van der Waals surface area contributed by atoms with Gasteiger partial charge in [-0.1, -0.05) is 13.0 Å². The Kier molecular flexibility index (Phi) is 3.79. The summed E-state index contributed by atoms with van der Waals surface area (Å²) in [6.07, 6.45) is 4.72. The van der Waals surface area contributed by atoms with E-state index in [9.17, 15) is 0 Å².